The maximum Gasteiger partial charge on any atom is 0.332 e. The fourth-order valence-electron chi connectivity index (χ4n) is 1.74. The van der Waals surface area contributed by atoms with E-state index >= 15 is 0 Å². The normalized spacial score (nSPS) is 10.3. The van der Waals surface area contributed by atoms with Crippen LogP contribution >= 0.6 is 0 Å². The van der Waals surface area contributed by atoms with Crippen LogP contribution in [-0.2, 0) is 0 Å². The lowest BCUT2D eigenvalue weighted by Gasteiger charge is -2.09. The fraction of sp³-hybridized carbons (Fsp3) is 0.167. The second kappa shape index (κ2) is 5.08. The molecule has 0 saturated heterocycles. The van der Waals surface area contributed by atoms with E-state index < -0.39 is 10.7 Å². The maximum absolute atomic E-state index is 13.8. The molecule has 0 unspecified atom stereocenters. The van der Waals surface area contributed by atoms with Crippen LogP contribution in [0.25, 0.3) is 0 Å². The zero-order valence-electron chi connectivity index (χ0n) is 10.8. The van der Waals surface area contributed by atoms with E-state index in [0.717, 1.165) is 5.56 Å². The van der Waals surface area contributed by atoms with Crippen molar-refractivity contribution < 1.29 is 9.31 Å². The first-order chi connectivity index (χ1) is 9.38. The van der Waals surface area contributed by atoms with Gasteiger partial charge in [0, 0.05) is 0 Å². The number of halogens is 1. The van der Waals surface area contributed by atoms with Crippen LogP contribution in [-0.4, -0.2) is 14.9 Å². The van der Waals surface area contributed by atoms with Crippen molar-refractivity contribution in [1.29, 1.82) is 0 Å². The highest BCUT2D eigenvalue weighted by Crippen LogP contribution is 2.29. The molecule has 20 heavy (non-hydrogen) atoms. The van der Waals surface area contributed by atoms with Crippen molar-refractivity contribution in [2.75, 3.05) is 11.1 Å². The molecule has 0 radical (unpaired) electrons. The fourth-order valence-corrected chi connectivity index (χ4v) is 1.74. The predicted molar refractivity (Wildman–Crippen MR) is 72.3 cm³/mol. The number of benzene rings is 1. The molecule has 0 atom stereocenters. The number of anilines is 3. The molecule has 1 heterocycles. The number of nitro groups is 1. The number of nitrogens with two attached hydrogens (primary N) is 1. The van der Waals surface area contributed by atoms with Gasteiger partial charge in [-0.15, -0.1) is 0 Å². The average Bonchev–Trinajstić information content (AvgIpc) is 2.31. The summed E-state index contributed by atoms with van der Waals surface area (Å²) in [6, 6.07) is 4.46. The molecule has 8 heteroatoms. The van der Waals surface area contributed by atoms with Crippen LogP contribution in [0.1, 0.15) is 11.3 Å². The number of nitrogen functional groups attached to an aromatic ring is 1. The number of aryl methyl sites for hydroxylation is 2. The van der Waals surface area contributed by atoms with E-state index in [-0.39, 0.29) is 28.8 Å². The van der Waals surface area contributed by atoms with E-state index in [2.05, 4.69) is 15.3 Å². The summed E-state index contributed by atoms with van der Waals surface area (Å²) in [6.07, 6.45) is 0. The zero-order chi connectivity index (χ0) is 14.9. The van der Waals surface area contributed by atoms with E-state index in [1.54, 1.807) is 13.0 Å². The highest BCUT2D eigenvalue weighted by molar-refractivity contribution is 5.68. The highest BCUT2D eigenvalue weighted by Gasteiger charge is 2.22. The first kappa shape index (κ1) is 13.7. The summed E-state index contributed by atoms with van der Waals surface area (Å²) in [5.41, 5.74) is 6.06. The van der Waals surface area contributed by atoms with Crippen molar-refractivity contribution in [3.05, 3.63) is 45.4 Å². The lowest BCUT2D eigenvalue weighted by molar-refractivity contribution is -0.385. The van der Waals surface area contributed by atoms with E-state index in [1.165, 1.54) is 19.1 Å². The van der Waals surface area contributed by atoms with Gasteiger partial charge in [-0.05, 0) is 31.5 Å². The van der Waals surface area contributed by atoms with Crippen LogP contribution in [0.15, 0.2) is 18.2 Å². The summed E-state index contributed by atoms with van der Waals surface area (Å²) in [6.45, 7) is 3.18. The number of hydrogen-bond acceptors (Lipinski definition) is 6. The van der Waals surface area contributed by atoms with E-state index in [9.17, 15) is 14.5 Å². The molecule has 0 bridgehead atoms. The smallest absolute Gasteiger partial charge is 0.332 e. The van der Waals surface area contributed by atoms with Crippen LogP contribution in [0.2, 0.25) is 0 Å². The largest absolute Gasteiger partial charge is 0.368 e. The van der Waals surface area contributed by atoms with Crippen LogP contribution in [0.3, 0.4) is 0 Å². The number of rotatable bonds is 3. The maximum atomic E-state index is 13.8. The second-order valence-corrected chi connectivity index (χ2v) is 4.23. The van der Waals surface area contributed by atoms with E-state index in [4.69, 9.17) is 5.73 Å². The highest BCUT2D eigenvalue weighted by atomic mass is 19.1. The molecular weight excluding hydrogens is 265 g/mol. The standard InChI is InChI=1S/C12H12FN5O2/c1-6-3-4-9(8(13)5-6)16-11-10(18(19)20)7(2)15-12(14)17-11/h3-5H,1-2H3,(H3,14,15,16,17). The SMILES string of the molecule is Cc1ccc(Nc2nc(N)nc(C)c2[N+](=O)[O-])c(F)c1. The Hall–Kier alpha value is -2.77. The van der Waals surface area contributed by atoms with Crippen molar-refractivity contribution in [2.24, 2.45) is 0 Å². The van der Waals surface area contributed by atoms with Crippen molar-refractivity contribution in [3.63, 3.8) is 0 Å². The van der Waals surface area contributed by atoms with Crippen LogP contribution < -0.4 is 11.1 Å². The molecule has 0 aliphatic heterocycles. The molecule has 0 aliphatic carbocycles. The summed E-state index contributed by atoms with van der Waals surface area (Å²) < 4.78 is 13.8. The number of nitrogens with zero attached hydrogens (tertiary/aromatic N) is 3. The van der Waals surface area contributed by atoms with Gasteiger partial charge < -0.3 is 11.1 Å². The van der Waals surface area contributed by atoms with Gasteiger partial charge >= 0.3 is 5.69 Å². The molecule has 1 aromatic carbocycles. The Kier molecular flexibility index (Phi) is 3.47. The Bertz CT molecular complexity index is 690. The molecule has 0 saturated carbocycles. The van der Waals surface area contributed by atoms with Gasteiger partial charge in [-0.3, -0.25) is 10.1 Å². The third-order valence-electron chi connectivity index (χ3n) is 2.64. The Labute approximate surface area is 113 Å². The second-order valence-electron chi connectivity index (χ2n) is 4.23. The molecule has 0 fully saturated rings. The van der Waals surface area contributed by atoms with Crippen LogP contribution in [0.5, 0.6) is 0 Å². The molecule has 1 aromatic heterocycles. The lowest BCUT2D eigenvalue weighted by atomic mass is 10.2. The molecule has 2 aromatic rings. The minimum Gasteiger partial charge on any atom is -0.368 e. The Morgan fingerprint density at radius 2 is 2.05 bits per heavy atom. The number of aromatic nitrogens is 2. The Balaban J connectivity index is 2.50. The third kappa shape index (κ3) is 2.63. The van der Waals surface area contributed by atoms with E-state index in [1.807, 2.05) is 0 Å². The summed E-state index contributed by atoms with van der Waals surface area (Å²) in [5.74, 6) is -0.792. The minimum atomic E-state index is -0.636. The molecule has 0 amide bonds. The van der Waals surface area contributed by atoms with Crippen LogP contribution in [0, 0.1) is 29.8 Å². The van der Waals surface area contributed by atoms with Crippen molar-refractivity contribution in [1.82, 2.24) is 9.97 Å². The van der Waals surface area contributed by atoms with Gasteiger partial charge in [-0.25, -0.2) is 9.37 Å². The number of nitrogens with one attached hydrogen (secondary N) is 1. The van der Waals surface area contributed by atoms with Gasteiger partial charge in [-0.1, -0.05) is 6.07 Å². The minimum absolute atomic E-state index is 0.0798. The topological polar surface area (TPSA) is 107 Å². The van der Waals surface area contributed by atoms with Gasteiger partial charge in [0.05, 0.1) is 10.6 Å². The molecule has 0 aliphatic rings. The molecule has 2 rings (SSSR count). The lowest BCUT2D eigenvalue weighted by Crippen LogP contribution is -2.07. The average molecular weight is 277 g/mol. The first-order valence-electron chi connectivity index (χ1n) is 5.70. The summed E-state index contributed by atoms with van der Waals surface area (Å²) in [4.78, 5) is 17.9. The van der Waals surface area contributed by atoms with Crippen molar-refractivity contribution in [3.8, 4) is 0 Å². The third-order valence-corrected chi connectivity index (χ3v) is 2.64. The van der Waals surface area contributed by atoms with Crippen molar-refractivity contribution in [2.45, 2.75) is 13.8 Å². The quantitative estimate of drug-likeness (QED) is 0.659. The zero-order valence-corrected chi connectivity index (χ0v) is 10.8. The molecule has 104 valence electrons. The molecule has 3 N–H and O–H groups in total. The molecule has 7 nitrogen and oxygen atoms in total. The molecular formula is C12H12FN5O2. The van der Waals surface area contributed by atoms with Gasteiger partial charge in [0.1, 0.15) is 11.5 Å². The van der Waals surface area contributed by atoms with Crippen molar-refractivity contribution >= 4 is 23.1 Å². The predicted octanol–water partition coefficient (Wildman–Crippen LogP) is 2.47. The Morgan fingerprint density at radius 3 is 2.65 bits per heavy atom. The van der Waals surface area contributed by atoms with Gasteiger partial charge in [0.15, 0.2) is 0 Å². The summed E-state index contributed by atoms with van der Waals surface area (Å²) in [7, 11) is 0. The molecule has 0 spiro atoms. The van der Waals surface area contributed by atoms with Gasteiger partial charge in [0.25, 0.3) is 0 Å². The monoisotopic (exact) mass is 277 g/mol. The van der Waals surface area contributed by atoms with Gasteiger partial charge in [0.2, 0.25) is 11.8 Å². The van der Waals surface area contributed by atoms with Crippen LogP contribution in [0.4, 0.5) is 27.5 Å². The summed E-state index contributed by atoms with van der Waals surface area (Å²) in [5, 5.41) is 13.6. The van der Waals surface area contributed by atoms with E-state index in [0.29, 0.717) is 0 Å². The summed E-state index contributed by atoms with van der Waals surface area (Å²) >= 11 is 0. The Morgan fingerprint density at radius 1 is 1.35 bits per heavy atom. The first-order valence-corrected chi connectivity index (χ1v) is 5.70. The van der Waals surface area contributed by atoms with Gasteiger partial charge in [-0.2, -0.15) is 4.98 Å². The number of hydrogen-bond donors (Lipinski definition) is 2.